The Morgan fingerprint density at radius 2 is 1.62 bits per heavy atom. The molecule has 0 saturated heterocycles. The summed E-state index contributed by atoms with van der Waals surface area (Å²) < 4.78 is 40.2. The van der Waals surface area contributed by atoms with Crippen LogP contribution in [0, 0.1) is 5.82 Å². The van der Waals surface area contributed by atoms with Gasteiger partial charge in [-0.1, -0.05) is 37.6 Å². The number of hydrogen-bond donors (Lipinski definition) is 1. The standard InChI is InChI=1S/C24H31ClFN3O4S/c1-5-17(3)27-24(31)22(6-2)29(15-18-7-11-20(26)12-8-18)23(30)16-28(4)34(32,33)21-13-9-19(25)10-14-21/h7-14,17,22H,5-6,15-16H2,1-4H3,(H,27,31). The summed E-state index contributed by atoms with van der Waals surface area (Å²) in [6.45, 7) is 5.13. The van der Waals surface area contributed by atoms with E-state index in [4.69, 9.17) is 11.6 Å². The lowest BCUT2D eigenvalue weighted by Crippen LogP contribution is -2.53. The van der Waals surface area contributed by atoms with Crippen molar-refractivity contribution in [3.05, 3.63) is 64.9 Å². The second kappa shape index (κ2) is 12.3. The van der Waals surface area contributed by atoms with Gasteiger partial charge in [-0.25, -0.2) is 12.8 Å². The van der Waals surface area contributed by atoms with Crippen LogP contribution < -0.4 is 5.32 Å². The molecule has 0 bridgehead atoms. The molecule has 0 radical (unpaired) electrons. The molecule has 2 aromatic rings. The Balaban J connectivity index is 2.32. The Morgan fingerprint density at radius 3 is 2.15 bits per heavy atom. The molecule has 2 unspecified atom stereocenters. The van der Waals surface area contributed by atoms with Crippen LogP contribution in [0.4, 0.5) is 4.39 Å². The van der Waals surface area contributed by atoms with E-state index in [2.05, 4.69) is 5.32 Å². The summed E-state index contributed by atoms with van der Waals surface area (Å²) >= 11 is 5.85. The summed E-state index contributed by atoms with van der Waals surface area (Å²) in [6.07, 6.45) is 1.04. The average Bonchev–Trinajstić information content (AvgIpc) is 2.80. The maximum Gasteiger partial charge on any atom is 0.243 e. The molecule has 2 aromatic carbocycles. The molecular weight excluding hydrogens is 481 g/mol. The average molecular weight is 512 g/mol. The first kappa shape index (κ1) is 27.8. The third-order valence-electron chi connectivity index (χ3n) is 5.53. The van der Waals surface area contributed by atoms with E-state index in [9.17, 15) is 22.4 Å². The molecule has 0 fully saturated rings. The van der Waals surface area contributed by atoms with Crippen molar-refractivity contribution in [2.45, 2.75) is 57.1 Å². The fraction of sp³-hybridized carbons (Fsp3) is 0.417. The highest BCUT2D eigenvalue weighted by Gasteiger charge is 2.32. The van der Waals surface area contributed by atoms with Gasteiger partial charge in [-0.15, -0.1) is 0 Å². The van der Waals surface area contributed by atoms with E-state index in [1.165, 1.54) is 60.5 Å². The lowest BCUT2D eigenvalue weighted by Gasteiger charge is -2.32. The van der Waals surface area contributed by atoms with Crippen molar-refractivity contribution in [1.29, 1.82) is 0 Å². The monoisotopic (exact) mass is 511 g/mol. The second-order valence-corrected chi connectivity index (χ2v) is 10.6. The van der Waals surface area contributed by atoms with Crippen LogP contribution in [-0.4, -0.2) is 55.1 Å². The number of sulfonamides is 1. The maximum atomic E-state index is 13.4. The first-order chi connectivity index (χ1) is 16.0. The van der Waals surface area contributed by atoms with Gasteiger partial charge >= 0.3 is 0 Å². The van der Waals surface area contributed by atoms with E-state index in [-0.39, 0.29) is 23.4 Å². The molecule has 186 valence electrons. The number of amides is 2. The largest absolute Gasteiger partial charge is 0.352 e. The topological polar surface area (TPSA) is 86.8 Å². The van der Waals surface area contributed by atoms with Crippen molar-refractivity contribution in [2.24, 2.45) is 0 Å². The van der Waals surface area contributed by atoms with Crippen molar-refractivity contribution in [3.63, 3.8) is 0 Å². The predicted octanol–water partition coefficient (Wildman–Crippen LogP) is 3.82. The summed E-state index contributed by atoms with van der Waals surface area (Å²) in [5.74, 6) is -1.29. The fourth-order valence-corrected chi connectivity index (χ4v) is 4.55. The molecule has 0 aromatic heterocycles. The Hall–Kier alpha value is -2.49. The highest BCUT2D eigenvalue weighted by Crippen LogP contribution is 2.19. The zero-order valence-corrected chi connectivity index (χ0v) is 21.4. The van der Waals surface area contributed by atoms with Crippen LogP contribution in [0.15, 0.2) is 53.4 Å². The molecule has 0 saturated carbocycles. The van der Waals surface area contributed by atoms with Crippen molar-refractivity contribution in [2.75, 3.05) is 13.6 Å². The SMILES string of the molecule is CCC(C)NC(=O)C(CC)N(Cc1ccc(F)cc1)C(=O)CN(C)S(=O)(=O)c1ccc(Cl)cc1. The highest BCUT2D eigenvalue weighted by atomic mass is 35.5. The predicted molar refractivity (Wildman–Crippen MR) is 130 cm³/mol. The minimum absolute atomic E-state index is 0.00107. The normalized spacial score (nSPS) is 13.4. The Kier molecular flexibility index (Phi) is 10.0. The summed E-state index contributed by atoms with van der Waals surface area (Å²) in [6, 6.07) is 10.3. The van der Waals surface area contributed by atoms with Crippen LogP contribution in [0.1, 0.15) is 39.2 Å². The number of nitrogens with zero attached hydrogens (tertiary/aromatic N) is 2. The molecule has 2 amide bonds. The summed E-state index contributed by atoms with van der Waals surface area (Å²) in [5.41, 5.74) is 0.618. The van der Waals surface area contributed by atoms with Gasteiger partial charge in [0.05, 0.1) is 11.4 Å². The maximum absolute atomic E-state index is 13.4. The Morgan fingerprint density at radius 1 is 1.03 bits per heavy atom. The summed E-state index contributed by atoms with van der Waals surface area (Å²) in [4.78, 5) is 27.7. The quantitative estimate of drug-likeness (QED) is 0.497. The van der Waals surface area contributed by atoms with Gasteiger partial charge in [0.15, 0.2) is 0 Å². The van der Waals surface area contributed by atoms with E-state index < -0.39 is 34.3 Å². The van der Waals surface area contributed by atoms with Gasteiger partial charge in [0.2, 0.25) is 21.8 Å². The fourth-order valence-electron chi connectivity index (χ4n) is 3.30. The molecule has 2 atom stereocenters. The lowest BCUT2D eigenvalue weighted by molar-refractivity contribution is -0.141. The molecule has 0 aliphatic rings. The van der Waals surface area contributed by atoms with Gasteiger partial charge < -0.3 is 10.2 Å². The second-order valence-electron chi connectivity index (χ2n) is 8.11. The Bertz CT molecular complexity index is 1080. The van der Waals surface area contributed by atoms with Crippen LogP contribution in [0.5, 0.6) is 0 Å². The Labute approximate surface area is 205 Å². The van der Waals surface area contributed by atoms with E-state index in [0.29, 0.717) is 17.0 Å². The summed E-state index contributed by atoms with van der Waals surface area (Å²) in [5, 5.41) is 3.28. The number of halogens is 2. The smallest absolute Gasteiger partial charge is 0.243 e. The third kappa shape index (κ3) is 7.25. The number of carbonyl (C=O) groups excluding carboxylic acids is 2. The molecule has 7 nitrogen and oxygen atoms in total. The first-order valence-electron chi connectivity index (χ1n) is 11.1. The third-order valence-corrected chi connectivity index (χ3v) is 7.60. The van der Waals surface area contributed by atoms with Crippen LogP contribution in [0.3, 0.4) is 0 Å². The van der Waals surface area contributed by atoms with Crippen molar-refractivity contribution >= 4 is 33.4 Å². The molecule has 10 heteroatoms. The number of carbonyl (C=O) groups is 2. The molecule has 0 aliphatic heterocycles. The van der Waals surface area contributed by atoms with Crippen molar-refractivity contribution in [3.8, 4) is 0 Å². The number of likely N-dealkylation sites (N-methyl/N-ethyl adjacent to an activating group) is 1. The molecule has 0 heterocycles. The molecule has 0 spiro atoms. The minimum atomic E-state index is -3.96. The number of nitrogens with one attached hydrogen (secondary N) is 1. The summed E-state index contributed by atoms with van der Waals surface area (Å²) in [7, 11) is -2.66. The number of benzene rings is 2. The molecular formula is C24H31ClFN3O4S. The molecule has 2 rings (SSSR count). The lowest BCUT2D eigenvalue weighted by atomic mass is 10.1. The van der Waals surface area contributed by atoms with Gasteiger partial charge in [-0.3, -0.25) is 9.59 Å². The first-order valence-corrected chi connectivity index (χ1v) is 12.9. The van der Waals surface area contributed by atoms with Gasteiger partial charge in [0.1, 0.15) is 11.9 Å². The molecule has 34 heavy (non-hydrogen) atoms. The van der Waals surface area contributed by atoms with Gasteiger partial charge in [-0.2, -0.15) is 4.31 Å². The van der Waals surface area contributed by atoms with Gasteiger partial charge in [0.25, 0.3) is 0 Å². The van der Waals surface area contributed by atoms with Crippen LogP contribution in [0.2, 0.25) is 5.02 Å². The minimum Gasteiger partial charge on any atom is -0.352 e. The zero-order valence-electron chi connectivity index (χ0n) is 19.8. The molecule has 1 N–H and O–H groups in total. The van der Waals surface area contributed by atoms with Crippen LogP contribution >= 0.6 is 11.6 Å². The van der Waals surface area contributed by atoms with Crippen molar-refractivity contribution in [1.82, 2.24) is 14.5 Å². The number of rotatable bonds is 11. The van der Waals surface area contributed by atoms with Crippen LogP contribution in [-0.2, 0) is 26.2 Å². The van der Waals surface area contributed by atoms with E-state index in [0.717, 1.165) is 10.7 Å². The highest BCUT2D eigenvalue weighted by molar-refractivity contribution is 7.89. The van der Waals surface area contributed by atoms with E-state index in [1.54, 1.807) is 6.92 Å². The van der Waals surface area contributed by atoms with Crippen molar-refractivity contribution < 1.29 is 22.4 Å². The number of hydrogen-bond acceptors (Lipinski definition) is 4. The van der Waals surface area contributed by atoms with Crippen LogP contribution in [0.25, 0.3) is 0 Å². The van der Waals surface area contributed by atoms with E-state index >= 15 is 0 Å². The van der Waals surface area contributed by atoms with Gasteiger partial charge in [0, 0.05) is 24.7 Å². The van der Waals surface area contributed by atoms with E-state index in [1.807, 2.05) is 13.8 Å². The zero-order chi connectivity index (χ0) is 25.5. The molecule has 0 aliphatic carbocycles. The van der Waals surface area contributed by atoms with Gasteiger partial charge in [-0.05, 0) is 61.7 Å².